The molecule has 0 bridgehead atoms. The van der Waals surface area contributed by atoms with E-state index in [4.69, 9.17) is 37.9 Å². The van der Waals surface area contributed by atoms with Crippen molar-refractivity contribution < 1.29 is 114 Å². The van der Waals surface area contributed by atoms with E-state index in [0.717, 1.165) is 38.5 Å². The Bertz CT molecular complexity index is 1990. The van der Waals surface area contributed by atoms with Gasteiger partial charge in [-0.1, -0.05) is 53.2 Å². The molecule has 3 saturated carbocycles. The number of allylic oxidation sites excluding steroid dienone is 1. The molecule has 0 radical (unpaired) electrons. The highest BCUT2D eigenvalue weighted by Crippen LogP contribution is 2.75. The molecule has 29 atom stereocenters. The van der Waals surface area contributed by atoms with Crippen LogP contribution in [-0.4, -0.2) is 244 Å². The predicted octanol–water partition coefficient (Wildman–Crippen LogP) is -2.20. The van der Waals surface area contributed by atoms with Gasteiger partial charge in [0.25, 0.3) is 0 Å². The highest BCUT2D eigenvalue weighted by atomic mass is 16.8. The summed E-state index contributed by atoms with van der Waals surface area (Å²) in [6.45, 7) is 14.5. The van der Waals surface area contributed by atoms with Crippen LogP contribution in [0.15, 0.2) is 11.6 Å². The number of fused-ring (bicyclic) bond motifs is 5. The standard InChI is InChI=1S/C54H92O23/c1-23(9-13-33(51(4,5)69)76-49-45(41(65)36(60)29(21-57)73-49)77-48-44(68)39(63)35(59)28(20-56)72-48)24-15-16-54(8)31-12-10-25-26(52(31,6)17-18-53(24,54)7)11-14-32(50(25,2)3)75-47-43(67)40(64)37(61)30(74-47)22-70-46-42(66)38(62)34(58)27(19-55)71-46/h10,23-24,26-49,55-69H,9,11-22H2,1-8H3/t23?,24?,26-,27-,28-,29-,30-,31-,32+,33-,34-,35-,36-,37-,38+,39+,40+,41+,42-,43-,44-,45-,46-,47+,48+,49+,52+,53-,54+/m1/s1. The summed E-state index contributed by atoms with van der Waals surface area (Å²) in [6.07, 6.45) is -23.1. The SMILES string of the molecule is CC(CC[C@@H](O[C@@H]1O[C@H](CO)[C@@H](O)[C@H](O)[C@H]1O[C@@H]1O[C@H](CO)[C@@H](O)[C@H](O)[C@H]1O)C(C)(C)O)C1CC[C@@]2(C)[C@@H]3CC=C4[C@@H](CC[C@H](O[C@@H]5O[C@H](CO[C@@H]6O[C@H](CO)[C@@H](O)[C@H](O)[C@H]6O)[C@@H](O)[C@H](O)[C@H]5O)C4(C)C)[C@]3(C)CC[C@]12C. The fraction of sp³-hybridized carbons (Fsp3) is 0.963. The summed E-state index contributed by atoms with van der Waals surface area (Å²) in [5.74, 6) is 1.08. The van der Waals surface area contributed by atoms with Crippen LogP contribution in [0.5, 0.6) is 0 Å². The molecule has 0 aromatic heterocycles. The van der Waals surface area contributed by atoms with Crippen LogP contribution in [-0.2, 0) is 37.9 Å². The molecule has 7 fully saturated rings. The molecule has 0 amide bonds. The molecule has 8 rings (SSSR count). The smallest absolute Gasteiger partial charge is 0.187 e. The maximum atomic E-state index is 11.6. The summed E-state index contributed by atoms with van der Waals surface area (Å²) in [7, 11) is 0. The Morgan fingerprint density at radius 2 is 1.08 bits per heavy atom. The van der Waals surface area contributed by atoms with E-state index in [2.05, 4.69) is 47.6 Å². The Hall–Kier alpha value is -1.18. The molecular weight excluding hydrogens is 1020 g/mol. The van der Waals surface area contributed by atoms with E-state index in [1.54, 1.807) is 13.8 Å². The van der Waals surface area contributed by atoms with Crippen LogP contribution in [0.2, 0.25) is 0 Å². The molecule has 4 heterocycles. The van der Waals surface area contributed by atoms with Gasteiger partial charge in [-0.15, -0.1) is 0 Å². The fourth-order valence-corrected chi connectivity index (χ4v) is 15.6. The molecule has 0 aromatic carbocycles. The van der Waals surface area contributed by atoms with Crippen molar-refractivity contribution in [2.45, 2.75) is 254 Å². The van der Waals surface area contributed by atoms with Crippen molar-refractivity contribution in [1.29, 1.82) is 0 Å². The van der Waals surface area contributed by atoms with Crippen LogP contribution in [0, 0.1) is 45.3 Å². The Kier molecular flexibility index (Phi) is 18.9. The molecule has 446 valence electrons. The van der Waals surface area contributed by atoms with E-state index in [1.807, 2.05) is 0 Å². The summed E-state index contributed by atoms with van der Waals surface area (Å²) in [4.78, 5) is 0. The highest BCUT2D eigenvalue weighted by molar-refractivity contribution is 5.30. The summed E-state index contributed by atoms with van der Waals surface area (Å²) in [5, 5.41) is 159. The third kappa shape index (κ3) is 11.1. The Morgan fingerprint density at radius 1 is 0.571 bits per heavy atom. The zero-order valence-electron chi connectivity index (χ0n) is 45.8. The molecule has 8 aliphatic rings. The summed E-state index contributed by atoms with van der Waals surface area (Å²) in [6, 6.07) is 0. The monoisotopic (exact) mass is 1110 g/mol. The van der Waals surface area contributed by atoms with Gasteiger partial charge in [-0.05, 0) is 112 Å². The zero-order valence-corrected chi connectivity index (χ0v) is 45.8. The zero-order chi connectivity index (χ0) is 56.6. The van der Waals surface area contributed by atoms with Gasteiger partial charge >= 0.3 is 0 Å². The molecular formula is C54H92O23. The van der Waals surface area contributed by atoms with Crippen LogP contribution in [0.25, 0.3) is 0 Å². The first kappa shape index (κ1) is 61.9. The van der Waals surface area contributed by atoms with Crippen LogP contribution < -0.4 is 0 Å². The van der Waals surface area contributed by atoms with Gasteiger partial charge in [-0.3, -0.25) is 0 Å². The summed E-state index contributed by atoms with van der Waals surface area (Å²) in [5.41, 5.74) is -0.842. The van der Waals surface area contributed by atoms with E-state index >= 15 is 0 Å². The minimum Gasteiger partial charge on any atom is -0.394 e. The third-order valence-corrected chi connectivity index (χ3v) is 20.7. The van der Waals surface area contributed by atoms with Crippen LogP contribution in [0.3, 0.4) is 0 Å². The van der Waals surface area contributed by atoms with Crippen LogP contribution in [0.1, 0.15) is 113 Å². The molecule has 4 saturated heterocycles. The number of aliphatic hydroxyl groups excluding tert-OH is 14. The van der Waals surface area contributed by atoms with Gasteiger partial charge in [0.1, 0.15) is 97.7 Å². The van der Waals surface area contributed by atoms with E-state index in [1.165, 1.54) is 5.57 Å². The van der Waals surface area contributed by atoms with Crippen molar-refractivity contribution in [3.05, 3.63) is 11.6 Å². The topological polar surface area (TPSA) is 377 Å². The van der Waals surface area contributed by atoms with Crippen molar-refractivity contribution in [3.8, 4) is 0 Å². The number of rotatable bonds is 17. The Morgan fingerprint density at radius 3 is 1.65 bits per heavy atom. The van der Waals surface area contributed by atoms with E-state index < -0.39 is 172 Å². The number of hydrogen-bond acceptors (Lipinski definition) is 23. The second-order valence-corrected chi connectivity index (χ2v) is 25.8. The number of ether oxygens (including phenoxy) is 8. The lowest BCUT2D eigenvalue weighted by atomic mass is 9.39. The number of hydrogen-bond donors (Lipinski definition) is 15. The van der Waals surface area contributed by atoms with Crippen molar-refractivity contribution in [2.24, 2.45) is 45.3 Å². The second-order valence-electron chi connectivity index (χ2n) is 25.8. The largest absolute Gasteiger partial charge is 0.394 e. The molecule has 0 aromatic rings. The maximum absolute atomic E-state index is 11.6. The first-order valence-corrected chi connectivity index (χ1v) is 27.9. The average molecular weight is 1110 g/mol. The lowest BCUT2D eigenvalue weighted by molar-refractivity contribution is -0.375. The molecule has 23 heteroatoms. The van der Waals surface area contributed by atoms with Gasteiger partial charge in [0.2, 0.25) is 0 Å². The van der Waals surface area contributed by atoms with Gasteiger partial charge in [0, 0.05) is 5.41 Å². The van der Waals surface area contributed by atoms with Crippen molar-refractivity contribution in [2.75, 3.05) is 26.4 Å². The van der Waals surface area contributed by atoms with Crippen LogP contribution >= 0.6 is 0 Å². The molecule has 4 aliphatic carbocycles. The lowest BCUT2D eigenvalue weighted by Crippen LogP contribution is -2.65. The predicted molar refractivity (Wildman–Crippen MR) is 266 cm³/mol. The first-order valence-electron chi connectivity index (χ1n) is 27.9. The third-order valence-electron chi connectivity index (χ3n) is 20.7. The van der Waals surface area contributed by atoms with E-state index in [9.17, 15) is 76.6 Å². The second kappa shape index (κ2) is 23.5. The summed E-state index contributed by atoms with van der Waals surface area (Å²) >= 11 is 0. The van der Waals surface area contributed by atoms with Gasteiger partial charge in [0.15, 0.2) is 25.2 Å². The Labute approximate surface area is 450 Å². The van der Waals surface area contributed by atoms with Crippen molar-refractivity contribution in [1.82, 2.24) is 0 Å². The molecule has 15 N–H and O–H groups in total. The van der Waals surface area contributed by atoms with E-state index in [0.29, 0.717) is 31.1 Å². The summed E-state index contributed by atoms with van der Waals surface area (Å²) < 4.78 is 47.6. The quantitative estimate of drug-likeness (QED) is 0.0687. The molecule has 0 spiro atoms. The van der Waals surface area contributed by atoms with Crippen molar-refractivity contribution in [3.63, 3.8) is 0 Å². The van der Waals surface area contributed by atoms with Crippen molar-refractivity contribution >= 4 is 0 Å². The first-order chi connectivity index (χ1) is 36.0. The van der Waals surface area contributed by atoms with Gasteiger partial charge in [-0.2, -0.15) is 0 Å². The maximum Gasteiger partial charge on any atom is 0.187 e. The molecule has 23 nitrogen and oxygen atoms in total. The minimum atomic E-state index is -1.83. The lowest BCUT2D eigenvalue weighted by Gasteiger charge is -2.66. The van der Waals surface area contributed by atoms with E-state index in [-0.39, 0.29) is 28.1 Å². The molecule has 4 aliphatic heterocycles. The normalized spacial score (nSPS) is 51.0. The number of aliphatic hydroxyl groups is 15. The molecule has 77 heavy (non-hydrogen) atoms. The fourth-order valence-electron chi connectivity index (χ4n) is 15.6. The highest BCUT2D eigenvalue weighted by Gasteiger charge is 2.68. The average Bonchev–Trinajstić information content (AvgIpc) is 3.90. The Balaban J connectivity index is 0.925. The minimum absolute atomic E-state index is 0.0322. The molecule has 2 unspecified atom stereocenters. The van der Waals surface area contributed by atoms with Crippen LogP contribution in [0.4, 0.5) is 0 Å². The van der Waals surface area contributed by atoms with Gasteiger partial charge < -0.3 is 114 Å². The van der Waals surface area contributed by atoms with Gasteiger partial charge in [0.05, 0.1) is 44.2 Å². The van der Waals surface area contributed by atoms with Gasteiger partial charge in [-0.25, -0.2) is 0 Å².